The van der Waals surface area contributed by atoms with Crippen molar-refractivity contribution >= 4 is 17.9 Å². The van der Waals surface area contributed by atoms with Gasteiger partial charge in [0.15, 0.2) is 6.10 Å². The molecule has 0 amide bonds. The van der Waals surface area contributed by atoms with Gasteiger partial charge < -0.3 is 14.2 Å². The van der Waals surface area contributed by atoms with Gasteiger partial charge in [0, 0.05) is 19.3 Å². The Kier molecular flexibility index (Phi) is 48.5. The average molecular weight is 877 g/mol. The summed E-state index contributed by atoms with van der Waals surface area (Å²) in [7, 11) is 0. The summed E-state index contributed by atoms with van der Waals surface area (Å²) in [6, 6.07) is 0. The Morgan fingerprint density at radius 3 is 1.00 bits per heavy atom. The fourth-order valence-electron chi connectivity index (χ4n) is 7.10. The first-order valence-electron chi connectivity index (χ1n) is 26.2. The van der Waals surface area contributed by atoms with Gasteiger partial charge in [-0.3, -0.25) is 14.4 Å². The minimum atomic E-state index is -0.791. The van der Waals surface area contributed by atoms with Gasteiger partial charge in [0.25, 0.3) is 0 Å². The minimum Gasteiger partial charge on any atom is -0.462 e. The Hall–Kier alpha value is -3.41. The van der Waals surface area contributed by atoms with Crippen molar-refractivity contribution < 1.29 is 28.6 Å². The molecule has 63 heavy (non-hydrogen) atoms. The molecular formula is C57H96O6. The molecule has 0 aromatic rings. The summed E-state index contributed by atoms with van der Waals surface area (Å²) in [5, 5.41) is 0. The zero-order valence-electron chi connectivity index (χ0n) is 41.1. The minimum absolute atomic E-state index is 0.0883. The zero-order chi connectivity index (χ0) is 45.8. The van der Waals surface area contributed by atoms with Crippen LogP contribution in [0.1, 0.15) is 239 Å². The van der Waals surface area contributed by atoms with Crippen LogP contribution in [0.15, 0.2) is 85.1 Å². The van der Waals surface area contributed by atoms with Crippen molar-refractivity contribution in [1.82, 2.24) is 0 Å². The van der Waals surface area contributed by atoms with Crippen molar-refractivity contribution in [2.24, 2.45) is 0 Å². The number of esters is 3. The third kappa shape index (κ3) is 49.5. The molecule has 0 spiro atoms. The number of hydrogen-bond acceptors (Lipinski definition) is 6. The van der Waals surface area contributed by atoms with E-state index < -0.39 is 6.10 Å². The first-order chi connectivity index (χ1) is 31.0. The molecule has 0 fully saturated rings. The van der Waals surface area contributed by atoms with Gasteiger partial charge in [0.1, 0.15) is 13.2 Å². The van der Waals surface area contributed by atoms with Crippen LogP contribution in [0.5, 0.6) is 0 Å². The van der Waals surface area contributed by atoms with Crippen molar-refractivity contribution in [2.75, 3.05) is 13.2 Å². The summed E-state index contributed by atoms with van der Waals surface area (Å²) in [6.45, 7) is 6.44. The molecule has 1 atom stereocenters. The number of unbranched alkanes of at least 4 members (excludes halogenated alkanes) is 26. The first kappa shape index (κ1) is 59.6. The lowest BCUT2D eigenvalue weighted by atomic mass is 10.0. The van der Waals surface area contributed by atoms with Crippen molar-refractivity contribution in [3.05, 3.63) is 85.1 Å². The Morgan fingerprint density at radius 2 is 0.619 bits per heavy atom. The number of rotatable bonds is 46. The van der Waals surface area contributed by atoms with Gasteiger partial charge in [-0.25, -0.2) is 0 Å². The second-order valence-electron chi connectivity index (χ2n) is 17.2. The van der Waals surface area contributed by atoms with E-state index >= 15 is 0 Å². The molecule has 0 bridgehead atoms. The molecular weight excluding hydrogens is 781 g/mol. The molecule has 0 saturated heterocycles. The molecule has 0 radical (unpaired) electrons. The third-order valence-electron chi connectivity index (χ3n) is 11.0. The normalized spacial score (nSPS) is 12.7. The van der Waals surface area contributed by atoms with Gasteiger partial charge in [-0.05, 0) is 64.2 Å². The van der Waals surface area contributed by atoms with Gasteiger partial charge in [0.2, 0.25) is 0 Å². The highest BCUT2D eigenvalue weighted by atomic mass is 16.6. The predicted octanol–water partition coefficient (Wildman–Crippen LogP) is 17.2. The van der Waals surface area contributed by atoms with Gasteiger partial charge in [-0.15, -0.1) is 0 Å². The van der Waals surface area contributed by atoms with E-state index in [9.17, 15) is 14.4 Å². The second kappa shape index (κ2) is 51.2. The Balaban J connectivity index is 4.44. The molecule has 6 heteroatoms. The van der Waals surface area contributed by atoms with Gasteiger partial charge in [-0.2, -0.15) is 0 Å². The Morgan fingerprint density at radius 1 is 0.333 bits per heavy atom. The van der Waals surface area contributed by atoms with Crippen LogP contribution >= 0.6 is 0 Å². The lowest BCUT2D eigenvalue weighted by molar-refractivity contribution is -0.167. The van der Waals surface area contributed by atoms with E-state index in [4.69, 9.17) is 14.2 Å². The highest BCUT2D eigenvalue weighted by molar-refractivity contribution is 5.71. The van der Waals surface area contributed by atoms with E-state index in [0.29, 0.717) is 19.3 Å². The molecule has 0 aromatic heterocycles. The number of allylic oxidation sites excluding steroid dienone is 14. The number of ether oxygens (including phenoxy) is 3. The van der Waals surface area contributed by atoms with Crippen molar-refractivity contribution in [3.8, 4) is 0 Å². The van der Waals surface area contributed by atoms with Crippen LogP contribution in [-0.4, -0.2) is 37.2 Å². The van der Waals surface area contributed by atoms with Crippen LogP contribution in [0.25, 0.3) is 0 Å². The first-order valence-corrected chi connectivity index (χ1v) is 26.2. The summed E-state index contributed by atoms with van der Waals surface area (Å²) in [6.07, 6.45) is 65.5. The fraction of sp³-hybridized carbons (Fsp3) is 0.702. The maximum Gasteiger partial charge on any atom is 0.306 e. The van der Waals surface area contributed by atoms with Crippen molar-refractivity contribution in [3.63, 3.8) is 0 Å². The molecule has 0 aliphatic heterocycles. The van der Waals surface area contributed by atoms with E-state index in [-0.39, 0.29) is 31.1 Å². The zero-order valence-corrected chi connectivity index (χ0v) is 41.1. The number of carbonyl (C=O) groups excluding carboxylic acids is 3. The summed E-state index contributed by atoms with van der Waals surface area (Å²) in [5.41, 5.74) is 0. The molecule has 0 saturated carbocycles. The van der Waals surface area contributed by atoms with E-state index in [2.05, 4.69) is 106 Å². The van der Waals surface area contributed by atoms with Crippen LogP contribution in [-0.2, 0) is 28.6 Å². The molecule has 0 aliphatic rings. The molecule has 6 nitrogen and oxygen atoms in total. The molecule has 1 unspecified atom stereocenters. The van der Waals surface area contributed by atoms with Crippen LogP contribution in [0.3, 0.4) is 0 Å². The quantitative estimate of drug-likeness (QED) is 0.0262. The maximum atomic E-state index is 12.8. The van der Waals surface area contributed by atoms with Crippen molar-refractivity contribution in [1.29, 1.82) is 0 Å². The molecule has 0 rings (SSSR count). The summed E-state index contributed by atoms with van der Waals surface area (Å²) in [5.74, 6) is -0.923. The van der Waals surface area contributed by atoms with Crippen LogP contribution in [0, 0.1) is 0 Å². The van der Waals surface area contributed by atoms with E-state index in [1.165, 1.54) is 103 Å². The number of carbonyl (C=O) groups is 3. The van der Waals surface area contributed by atoms with Gasteiger partial charge >= 0.3 is 17.9 Å². The summed E-state index contributed by atoms with van der Waals surface area (Å²) < 4.78 is 16.8. The number of hydrogen-bond donors (Lipinski definition) is 0. The topological polar surface area (TPSA) is 78.9 Å². The van der Waals surface area contributed by atoms with Crippen LogP contribution in [0.2, 0.25) is 0 Å². The lowest BCUT2D eigenvalue weighted by Crippen LogP contribution is -2.30. The van der Waals surface area contributed by atoms with Crippen molar-refractivity contribution in [2.45, 2.75) is 245 Å². The Bertz CT molecular complexity index is 1240. The standard InChI is InChI=1S/C57H96O6/c1-4-7-10-13-16-19-22-25-27-28-29-31-32-35-38-41-44-47-50-56(59)62-53-54(52-61-55(58)49-46-43-40-37-34-24-21-18-15-12-9-6-3)63-57(60)51-48-45-42-39-36-33-30-26-23-20-17-14-11-8-5-2/h8,11,14,16-17,19-20,22-23,25,27-29,31,54H,4-7,9-10,12-13,15,18,21,24,26,30,32-53H2,1-3H3/b11-8-,17-14-,19-16-,23-20-,25-22-,28-27-,31-29-. The molecule has 0 aromatic carbocycles. The maximum absolute atomic E-state index is 12.8. The smallest absolute Gasteiger partial charge is 0.306 e. The van der Waals surface area contributed by atoms with Crippen LogP contribution in [0.4, 0.5) is 0 Å². The summed E-state index contributed by atoms with van der Waals surface area (Å²) >= 11 is 0. The van der Waals surface area contributed by atoms with Gasteiger partial charge in [-0.1, -0.05) is 241 Å². The van der Waals surface area contributed by atoms with Crippen LogP contribution < -0.4 is 0 Å². The highest BCUT2D eigenvalue weighted by Crippen LogP contribution is 2.15. The molecule has 360 valence electrons. The molecule has 0 aliphatic carbocycles. The largest absolute Gasteiger partial charge is 0.462 e. The monoisotopic (exact) mass is 877 g/mol. The van der Waals surface area contributed by atoms with E-state index in [1.54, 1.807) is 0 Å². The molecule has 0 heterocycles. The lowest BCUT2D eigenvalue weighted by Gasteiger charge is -2.18. The predicted molar refractivity (Wildman–Crippen MR) is 270 cm³/mol. The molecule has 0 N–H and O–H groups in total. The second-order valence-corrected chi connectivity index (χ2v) is 17.2. The van der Waals surface area contributed by atoms with E-state index in [1.807, 2.05) is 0 Å². The Labute approximate surface area is 388 Å². The van der Waals surface area contributed by atoms with E-state index in [0.717, 1.165) is 96.3 Å². The summed E-state index contributed by atoms with van der Waals surface area (Å²) in [4.78, 5) is 38.0. The van der Waals surface area contributed by atoms with Gasteiger partial charge in [0.05, 0.1) is 0 Å². The SMILES string of the molecule is CC\C=C/C=C\C=C/CCCCCCCCCC(=O)OC(COC(=O)CCCCCCC\C=C/C=C\C=C/C=C\CCCCC)COC(=O)CCCCCCCCCCCCCC. The fourth-order valence-corrected chi connectivity index (χ4v) is 7.10. The third-order valence-corrected chi connectivity index (χ3v) is 11.0. The average Bonchev–Trinajstić information content (AvgIpc) is 3.28. The highest BCUT2D eigenvalue weighted by Gasteiger charge is 2.19.